The van der Waals surface area contributed by atoms with Crippen molar-refractivity contribution in [2.24, 2.45) is 0 Å². The fraction of sp³-hybridized carbons (Fsp3) is 0.267. The number of hydrogen-bond donors (Lipinski definition) is 1. The van der Waals surface area contributed by atoms with Gasteiger partial charge in [-0.2, -0.15) is 5.26 Å². The van der Waals surface area contributed by atoms with Gasteiger partial charge in [-0.3, -0.25) is 0 Å². The number of carboxylic acids is 1. The number of carboxylic acid groups (broad SMARTS) is 1. The summed E-state index contributed by atoms with van der Waals surface area (Å²) in [6.07, 6.45) is 0.380. The van der Waals surface area contributed by atoms with Gasteiger partial charge in [0, 0.05) is 18.5 Å². The molecule has 0 spiro atoms. The number of rotatable bonds is 5. The minimum Gasteiger partial charge on any atom is -0.478 e. The van der Waals surface area contributed by atoms with Crippen LogP contribution in [-0.2, 0) is 0 Å². The van der Waals surface area contributed by atoms with E-state index in [-0.39, 0.29) is 5.56 Å². The molecule has 0 atom stereocenters. The van der Waals surface area contributed by atoms with E-state index in [0.29, 0.717) is 36.2 Å². The Bertz CT molecular complexity index is 676. The molecule has 5 nitrogen and oxygen atoms in total. The maximum atomic E-state index is 11.4. The topological polar surface area (TPSA) is 77.2 Å². The maximum absolute atomic E-state index is 11.4. The van der Waals surface area contributed by atoms with E-state index in [2.05, 4.69) is 11.1 Å². The summed E-state index contributed by atoms with van der Waals surface area (Å²) in [5, 5.41) is 18.6. The van der Waals surface area contributed by atoms with E-state index in [1.165, 1.54) is 0 Å². The molecule has 5 heteroatoms. The first-order chi connectivity index (χ1) is 9.67. The lowest BCUT2D eigenvalue weighted by Crippen LogP contribution is -2.25. The summed E-state index contributed by atoms with van der Waals surface area (Å²) in [4.78, 5) is 17.8. The molecule has 1 N–H and O–H groups in total. The highest BCUT2D eigenvalue weighted by atomic mass is 16.4. The van der Waals surface area contributed by atoms with E-state index in [9.17, 15) is 9.90 Å². The smallest absolute Gasteiger partial charge is 0.336 e. The lowest BCUT2D eigenvalue weighted by Gasteiger charge is -2.21. The molecule has 0 amide bonds. The molecule has 1 aromatic carbocycles. The van der Waals surface area contributed by atoms with Crippen molar-refractivity contribution in [3.05, 3.63) is 35.9 Å². The Balaban J connectivity index is 2.54. The Labute approximate surface area is 117 Å². The number of carbonyl (C=O) groups is 1. The zero-order valence-electron chi connectivity index (χ0n) is 11.2. The van der Waals surface area contributed by atoms with E-state index >= 15 is 0 Å². The second kappa shape index (κ2) is 6.02. The SMILES string of the molecule is CCN(CCC#N)c1cc(C(=O)O)c2ccccc2n1. The summed E-state index contributed by atoms with van der Waals surface area (Å²) in [6.45, 7) is 3.16. The second-order valence-corrected chi connectivity index (χ2v) is 4.34. The number of fused-ring (bicyclic) bond motifs is 1. The molecule has 1 heterocycles. The minimum atomic E-state index is -0.971. The van der Waals surface area contributed by atoms with Crippen molar-refractivity contribution in [3.63, 3.8) is 0 Å². The zero-order chi connectivity index (χ0) is 14.5. The van der Waals surface area contributed by atoms with Crippen molar-refractivity contribution in [1.29, 1.82) is 5.26 Å². The molecule has 0 unspecified atom stereocenters. The van der Waals surface area contributed by atoms with Gasteiger partial charge in [0.05, 0.1) is 23.6 Å². The highest BCUT2D eigenvalue weighted by Gasteiger charge is 2.14. The van der Waals surface area contributed by atoms with Crippen molar-refractivity contribution >= 4 is 22.7 Å². The minimum absolute atomic E-state index is 0.237. The number of nitrogens with zero attached hydrogens (tertiary/aromatic N) is 3. The first-order valence-electron chi connectivity index (χ1n) is 6.42. The second-order valence-electron chi connectivity index (χ2n) is 4.34. The van der Waals surface area contributed by atoms with Crippen LogP contribution in [-0.4, -0.2) is 29.1 Å². The van der Waals surface area contributed by atoms with Crippen molar-refractivity contribution in [1.82, 2.24) is 4.98 Å². The number of aromatic carboxylic acids is 1. The predicted octanol–water partition coefficient (Wildman–Crippen LogP) is 2.67. The monoisotopic (exact) mass is 269 g/mol. The van der Waals surface area contributed by atoms with Crippen LogP contribution in [0.3, 0.4) is 0 Å². The van der Waals surface area contributed by atoms with Crippen molar-refractivity contribution in [2.75, 3.05) is 18.0 Å². The summed E-state index contributed by atoms with van der Waals surface area (Å²) in [7, 11) is 0. The number of para-hydroxylation sites is 1. The van der Waals surface area contributed by atoms with Gasteiger partial charge in [-0.15, -0.1) is 0 Å². The van der Waals surface area contributed by atoms with Gasteiger partial charge in [0.1, 0.15) is 5.82 Å². The molecule has 0 fully saturated rings. The van der Waals surface area contributed by atoms with Crippen LogP contribution < -0.4 is 4.90 Å². The number of anilines is 1. The van der Waals surface area contributed by atoms with Crippen molar-refractivity contribution in [2.45, 2.75) is 13.3 Å². The van der Waals surface area contributed by atoms with Crippen LogP contribution in [0, 0.1) is 11.3 Å². The van der Waals surface area contributed by atoms with Crippen LogP contribution >= 0.6 is 0 Å². The van der Waals surface area contributed by atoms with E-state index in [0.717, 1.165) is 0 Å². The largest absolute Gasteiger partial charge is 0.478 e. The summed E-state index contributed by atoms with van der Waals surface area (Å²) >= 11 is 0. The number of benzene rings is 1. The molecule has 0 radical (unpaired) electrons. The van der Waals surface area contributed by atoms with Gasteiger partial charge < -0.3 is 10.0 Å². The van der Waals surface area contributed by atoms with Crippen LogP contribution in [0.5, 0.6) is 0 Å². The zero-order valence-corrected chi connectivity index (χ0v) is 11.2. The average molecular weight is 269 g/mol. The molecular formula is C15H15N3O2. The molecule has 20 heavy (non-hydrogen) atoms. The molecule has 0 saturated carbocycles. The average Bonchev–Trinajstić information content (AvgIpc) is 2.47. The summed E-state index contributed by atoms with van der Waals surface area (Å²) < 4.78 is 0. The van der Waals surface area contributed by atoms with E-state index in [1.807, 2.05) is 17.9 Å². The molecule has 0 saturated heterocycles. The Hall–Kier alpha value is -2.61. The fourth-order valence-corrected chi connectivity index (χ4v) is 2.12. The van der Waals surface area contributed by atoms with Gasteiger partial charge in [0.2, 0.25) is 0 Å². The molecule has 1 aromatic heterocycles. The van der Waals surface area contributed by atoms with Crippen molar-refractivity contribution in [3.8, 4) is 6.07 Å². The molecule has 0 aliphatic carbocycles. The van der Waals surface area contributed by atoms with Crippen LogP contribution in [0.1, 0.15) is 23.7 Å². The Morgan fingerprint density at radius 2 is 2.20 bits per heavy atom. The molecule has 102 valence electrons. The Kier molecular flexibility index (Phi) is 4.16. The first kappa shape index (κ1) is 13.8. The van der Waals surface area contributed by atoms with Crippen LogP contribution in [0.25, 0.3) is 10.9 Å². The van der Waals surface area contributed by atoms with E-state index < -0.39 is 5.97 Å². The summed E-state index contributed by atoms with van der Waals surface area (Å²) in [6, 6.07) is 10.8. The molecule has 0 aliphatic rings. The van der Waals surface area contributed by atoms with Gasteiger partial charge in [-0.05, 0) is 19.1 Å². The Morgan fingerprint density at radius 3 is 2.85 bits per heavy atom. The third-order valence-corrected chi connectivity index (χ3v) is 3.13. The predicted molar refractivity (Wildman–Crippen MR) is 76.8 cm³/mol. The normalized spacial score (nSPS) is 10.2. The molecule has 2 rings (SSSR count). The molecule has 0 bridgehead atoms. The van der Waals surface area contributed by atoms with E-state index in [4.69, 9.17) is 5.26 Å². The highest BCUT2D eigenvalue weighted by Crippen LogP contribution is 2.23. The van der Waals surface area contributed by atoms with Crippen LogP contribution in [0.2, 0.25) is 0 Å². The van der Waals surface area contributed by atoms with Gasteiger partial charge in [0.25, 0.3) is 0 Å². The third-order valence-electron chi connectivity index (χ3n) is 3.13. The lowest BCUT2D eigenvalue weighted by atomic mass is 10.1. The first-order valence-corrected chi connectivity index (χ1v) is 6.42. The standard InChI is InChI=1S/C15H15N3O2/c1-2-18(9-5-8-16)14-10-12(15(19)20)11-6-3-4-7-13(11)17-14/h3-4,6-7,10H,2,5,9H2,1H3,(H,19,20). The number of pyridine rings is 1. The summed E-state index contributed by atoms with van der Waals surface area (Å²) in [5.74, 6) is -0.375. The molecular weight excluding hydrogens is 254 g/mol. The van der Waals surface area contributed by atoms with Gasteiger partial charge >= 0.3 is 5.97 Å². The van der Waals surface area contributed by atoms with Crippen molar-refractivity contribution < 1.29 is 9.90 Å². The number of nitriles is 1. The lowest BCUT2D eigenvalue weighted by molar-refractivity contribution is 0.0699. The quantitative estimate of drug-likeness (QED) is 0.902. The third kappa shape index (κ3) is 2.69. The molecule has 0 aliphatic heterocycles. The Morgan fingerprint density at radius 1 is 1.45 bits per heavy atom. The van der Waals surface area contributed by atoms with Crippen LogP contribution in [0.15, 0.2) is 30.3 Å². The van der Waals surface area contributed by atoms with Gasteiger partial charge in [0.15, 0.2) is 0 Å². The van der Waals surface area contributed by atoms with Crippen LogP contribution in [0.4, 0.5) is 5.82 Å². The number of aromatic nitrogens is 1. The fourth-order valence-electron chi connectivity index (χ4n) is 2.12. The molecule has 2 aromatic rings. The van der Waals surface area contributed by atoms with E-state index in [1.54, 1.807) is 24.3 Å². The van der Waals surface area contributed by atoms with Gasteiger partial charge in [-0.1, -0.05) is 18.2 Å². The number of hydrogen-bond acceptors (Lipinski definition) is 4. The maximum Gasteiger partial charge on any atom is 0.336 e. The van der Waals surface area contributed by atoms with Gasteiger partial charge in [-0.25, -0.2) is 9.78 Å². The summed E-state index contributed by atoms with van der Waals surface area (Å²) in [5.41, 5.74) is 0.888. The highest BCUT2D eigenvalue weighted by molar-refractivity contribution is 6.03.